The van der Waals surface area contributed by atoms with Crippen molar-refractivity contribution in [3.63, 3.8) is 0 Å². The van der Waals surface area contributed by atoms with Crippen molar-refractivity contribution in [3.8, 4) is 0 Å². The summed E-state index contributed by atoms with van der Waals surface area (Å²) in [5, 5.41) is 2.07. The molecule has 0 fully saturated rings. The van der Waals surface area contributed by atoms with E-state index in [0.717, 1.165) is 10.8 Å². The molecular weight excluding hydrogens is 223 g/mol. The zero-order chi connectivity index (χ0) is 9.26. The average Bonchev–Trinajstić information content (AvgIpc) is 2.17. The molecule has 4 heteroatoms. The van der Waals surface area contributed by atoms with E-state index in [-0.39, 0.29) is 51.4 Å². The van der Waals surface area contributed by atoms with E-state index in [1.54, 1.807) is 12.1 Å². The summed E-state index contributed by atoms with van der Waals surface area (Å²) < 4.78 is 19.6. The van der Waals surface area contributed by atoms with Gasteiger partial charge >= 0.3 is 51.4 Å². The Morgan fingerprint density at radius 3 is 2.29 bits per heavy atom. The summed E-state index contributed by atoms with van der Waals surface area (Å²) in [4.78, 5) is 0.443. The van der Waals surface area contributed by atoms with Gasteiger partial charge in [0.05, 0.1) is 4.90 Å². The summed E-state index contributed by atoms with van der Waals surface area (Å²) in [6.07, 6.45) is 0. The third kappa shape index (κ3) is 2.73. The van der Waals surface area contributed by atoms with Gasteiger partial charge in [-0.15, -0.1) is 0 Å². The Balaban J connectivity index is 0.000000980. The summed E-state index contributed by atoms with van der Waals surface area (Å²) in [5.41, 5.74) is 0. The van der Waals surface area contributed by atoms with Crippen LogP contribution < -0.4 is 0 Å². The van der Waals surface area contributed by atoms with Crippen LogP contribution in [-0.4, -0.2) is 60.1 Å². The molecule has 14 heavy (non-hydrogen) atoms. The van der Waals surface area contributed by atoms with Crippen molar-refractivity contribution in [1.29, 1.82) is 0 Å². The van der Waals surface area contributed by atoms with Crippen molar-refractivity contribution in [1.82, 2.24) is 0 Å². The Morgan fingerprint density at radius 1 is 1.00 bits per heavy atom. The van der Waals surface area contributed by atoms with Gasteiger partial charge < -0.3 is 4.55 Å². The van der Waals surface area contributed by atoms with Crippen molar-refractivity contribution in [2.75, 3.05) is 0 Å². The zero-order valence-corrected chi connectivity index (χ0v) is 7.62. The SMILES string of the molecule is O=S(O)c1ccc2ccccc2c1.[KH]. The molecular formula is C10H9KO2S. The summed E-state index contributed by atoms with van der Waals surface area (Å²) in [6, 6.07) is 13.0. The number of hydrogen-bond acceptors (Lipinski definition) is 1. The standard InChI is InChI=1S/C10H8O2S.K.H/c11-13(12)10-6-5-8-3-1-2-4-9(8)7-10;;/h1-7H,(H,11,12);;. The first-order valence-corrected chi connectivity index (χ1v) is 4.98. The van der Waals surface area contributed by atoms with Gasteiger partial charge in [-0.25, -0.2) is 4.21 Å². The second kappa shape index (κ2) is 5.51. The van der Waals surface area contributed by atoms with Crippen LogP contribution in [0, 0.1) is 0 Å². The van der Waals surface area contributed by atoms with Crippen molar-refractivity contribution >= 4 is 73.2 Å². The molecule has 0 heterocycles. The zero-order valence-electron chi connectivity index (χ0n) is 6.81. The Bertz CT molecular complexity index is 470. The molecule has 0 aliphatic carbocycles. The van der Waals surface area contributed by atoms with Gasteiger partial charge in [0.1, 0.15) is 0 Å². The van der Waals surface area contributed by atoms with E-state index >= 15 is 0 Å². The van der Waals surface area contributed by atoms with Crippen molar-refractivity contribution in [2.45, 2.75) is 4.90 Å². The first-order chi connectivity index (χ1) is 6.27. The second-order valence-electron chi connectivity index (χ2n) is 2.76. The van der Waals surface area contributed by atoms with Crippen LogP contribution in [0.25, 0.3) is 10.8 Å². The van der Waals surface area contributed by atoms with E-state index in [1.165, 1.54) is 0 Å². The Labute approximate surface area is 127 Å². The minimum atomic E-state index is -1.88. The quantitative estimate of drug-likeness (QED) is 0.601. The van der Waals surface area contributed by atoms with Gasteiger partial charge in [0, 0.05) is 0 Å². The minimum absolute atomic E-state index is 0. The monoisotopic (exact) mass is 232 g/mol. The van der Waals surface area contributed by atoms with Gasteiger partial charge in [0.2, 0.25) is 0 Å². The number of rotatable bonds is 1. The molecule has 0 saturated heterocycles. The molecule has 2 aromatic rings. The van der Waals surface area contributed by atoms with Crippen LogP contribution in [0.15, 0.2) is 47.4 Å². The first-order valence-electron chi connectivity index (χ1n) is 3.87. The Hall–Kier alpha value is 0.446. The van der Waals surface area contributed by atoms with Crippen LogP contribution >= 0.6 is 0 Å². The van der Waals surface area contributed by atoms with Crippen molar-refractivity contribution in [2.24, 2.45) is 0 Å². The topological polar surface area (TPSA) is 37.3 Å². The average molecular weight is 232 g/mol. The molecule has 0 aliphatic heterocycles. The molecule has 68 valence electrons. The van der Waals surface area contributed by atoms with Crippen LogP contribution in [0.1, 0.15) is 0 Å². The Morgan fingerprint density at radius 2 is 1.64 bits per heavy atom. The summed E-state index contributed by atoms with van der Waals surface area (Å²) in [7, 11) is 0. The predicted molar refractivity (Wildman–Crippen MR) is 60.1 cm³/mol. The third-order valence-electron chi connectivity index (χ3n) is 1.92. The fourth-order valence-corrected chi connectivity index (χ4v) is 1.69. The van der Waals surface area contributed by atoms with E-state index < -0.39 is 11.1 Å². The molecule has 0 amide bonds. The summed E-state index contributed by atoms with van der Waals surface area (Å²) in [5.74, 6) is 0. The predicted octanol–water partition coefficient (Wildman–Crippen LogP) is 1.77. The molecule has 0 aromatic heterocycles. The number of benzene rings is 2. The molecule has 2 rings (SSSR count). The van der Waals surface area contributed by atoms with Gasteiger partial charge in [0.25, 0.3) is 0 Å². The van der Waals surface area contributed by atoms with Gasteiger partial charge in [-0.3, -0.25) is 0 Å². The molecule has 2 nitrogen and oxygen atoms in total. The van der Waals surface area contributed by atoms with E-state index in [1.807, 2.05) is 30.3 Å². The molecule has 0 saturated carbocycles. The van der Waals surface area contributed by atoms with Crippen molar-refractivity contribution in [3.05, 3.63) is 42.5 Å². The molecule has 1 unspecified atom stereocenters. The first kappa shape index (κ1) is 12.5. The molecule has 2 aromatic carbocycles. The van der Waals surface area contributed by atoms with Crippen LogP contribution in [0.3, 0.4) is 0 Å². The van der Waals surface area contributed by atoms with Gasteiger partial charge in [-0.1, -0.05) is 30.3 Å². The maximum absolute atomic E-state index is 10.8. The van der Waals surface area contributed by atoms with Crippen LogP contribution in [0.5, 0.6) is 0 Å². The van der Waals surface area contributed by atoms with E-state index in [9.17, 15) is 4.21 Å². The van der Waals surface area contributed by atoms with Crippen LogP contribution in [0.4, 0.5) is 0 Å². The molecule has 1 atom stereocenters. The molecule has 0 bridgehead atoms. The Kier molecular flexibility index (Phi) is 4.92. The van der Waals surface area contributed by atoms with E-state index in [0.29, 0.717) is 4.90 Å². The molecule has 0 spiro atoms. The normalized spacial score (nSPS) is 12.1. The van der Waals surface area contributed by atoms with Crippen LogP contribution in [-0.2, 0) is 11.1 Å². The fourth-order valence-electron chi connectivity index (χ4n) is 1.28. The second-order valence-corrected chi connectivity index (χ2v) is 3.73. The molecule has 0 radical (unpaired) electrons. The number of fused-ring (bicyclic) bond motifs is 1. The number of hydrogen-bond donors (Lipinski definition) is 1. The fraction of sp³-hybridized carbons (Fsp3) is 0. The van der Waals surface area contributed by atoms with Gasteiger partial charge in [-0.05, 0) is 22.9 Å². The van der Waals surface area contributed by atoms with E-state index in [2.05, 4.69) is 0 Å². The third-order valence-corrected chi connectivity index (χ3v) is 2.58. The van der Waals surface area contributed by atoms with Gasteiger partial charge in [0.15, 0.2) is 11.1 Å². The van der Waals surface area contributed by atoms with Crippen LogP contribution in [0.2, 0.25) is 0 Å². The summed E-state index contributed by atoms with van der Waals surface area (Å²) >= 11 is -1.88. The van der Waals surface area contributed by atoms with E-state index in [4.69, 9.17) is 4.55 Å². The maximum atomic E-state index is 10.8. The van der Waals surface area contributed by atoms with Crippen molar-refractivity contribution < 1.29 is 8.76 Å². The van der Waals surface area contributed by atoms with Gasteiger partial charge in [-0.2, -0.15) is 0 Å². The summed E-state index contributed by atoms with van der Waals surface area (Å²) in [6.45, 7) is 0. The molecule has 0 aliphatic rings. The molecule has 1 N–H and O–H groups in total.